The molecule has 2 aromatic rings. The molecule has 0 bridgehead atoms. The van der Waals surface area contributed by atoms with Gasteiger partial charge in [-0.3, -0.25) is 0 Å². The first-order valence-corrected chi connectivity index (χ1v) is 9.48. The average Bonchev–Trinajstić information content (AvgIpc) is 3.04. The second-order valence-electron chi connectivity index (χ2n) is 4.15. The molecule has 1 atom stereocenters. The van der Waals surface area contributed by atoms with Gasteiger partial charge in [-0.05, 0) is 0 Å². The maximum absolute atomic E-state index is 5.65. The molecule has 3 nitrogen and oxygen atoms in total. The van der Waals surface area contributed by atoms with Gasteiger partial charge < -0.3 is 0 Å². The van der Waals surface area contributed by atoms with Crippen LogP contribution in [-0.2, 0) is 18.2 Å². The Kier molecular flexibility index (Phi) is 4.36. The van der Waals surface area contributed by atoms with E-state index in [9.17, 15) is 0 Å². The molecule has 0 amide bonds. The first-order valence-electron chi connectivity index (χ1n) is 6.31. The molecule has 0 saturated carbocycles. The number of nitrogens with zero attached hydrogens (tertiary/aromatic N) is 2. The number of aliphatic imine (C=N–C) groups is 1. The molecule has 0 aromatic heterocycles. The standard InChI is InChI=1S/C12H10N.C3H4NO.Co.H2P/c1-3-7-11(8-4-1)13-12-9-5-2-6-10-12;1-2-5-3-4-1;;/h1-10H;1-2H2;;1H2/q-1;;+2;-1. The summed E-state index contributed by atoms with van der Waals surface area (Å²) < 4.78 is 7.93. The monoisotopic (exact) mass is 330 g/mol. The quantitative estimate of drug-likeness (QED) is 0.801. The molecule has 1 aliphatic heterocycles. The van der Waals surface area contributed by atoms with Gasteiger partial charge in [-0.25, -0.2) is 0 Å². The van der Waals surface area contributed by atoms with Gasteiger partial charge >= 0.3 is 125 Å². The van der Waals surface area contributed by atoms with E-state index < -0.39 is 13.4 Å². The van der Waals surface area contributed by atoms with Gasteiger partial charge in [0.2, 0.25) is 0 Å². The Morgan fingerprint density at radius 3 is 1.95 bits per heavy atom. The fraction of sp³-hybridized carbons (Fsp3) is 0.133. The van der Waals surface area contributed by atoms with Crippen LogP contribution >= 0.6 is 7.97 Å². The van der Waals surface area contributed by atoms with Gasteiger partial charge in [-0.2, -0.15) is 0 Å². The van der Waals surface area contributed by atoms with Crippen molar-refractivity contribution in [1.29, 1.82) is 0 Å². The number of hydrogen-bond acceptors (Lipinski definition) is 3. The molecule has 1 heterocycles. The van der Waals surface area contributed by atoms with Crippen LogP contribution in [0.1, 0.15) is 0 Å². The van der Waals surface area contributed by atoms with Crippen LogP contribution in [-0.4, -0.2) is 18.0 Å². The Morgan fingerprint density at radius 2 is 1.50 bits per heavy atom. The van der Waals surface area contributed by atoms with E-state index in [-0.39, 0.29) is 0 Å². The molecule has 0 aliphatic carbocycles. The molecule has 1 unspecified atom stereocenters. The molecular formula is C15H16CoN2OP. The molecule has 1 aliphatic rings. The number of hydrogen-bond donors (Lipinski definition) is 0. The third kappa shape index (κ3) is 2.88. The molecule has 3 rings (SSSR count). The van der Waals surface area contributed by atoms with E-state index in [0.717, 1.165) is 22.8 Å². The Labute approximate surface area is 125 Å². The summed E-state index contributed by atoms with van der Waals surface area (Å²) in [6.45, 7) is 1.46. The summed E-state index contributed by atoms with van der Waals surface area (Å²) in [7, 11) is 2.90. The number of ether oxygens (including phenoxy) is 1. The Morgan fingerprint density at radius 1 is 0.950 bits per heavy atom. The van der Waals surface area contributed by atoms with Gasteiger partial charge in [-0.15, -0.1) is 0 Å². The van der Waals surface area contributed by atoms with Crippen molar-refractivity contribution in [2.24, 2.45) is 4.99 Å². The maximum atomic E-state index is 5.65. The summed E-state index contributed by atoms with van der Waals surface area (Å²) in [6.07, 6.45) is 0. The summed E-state index contributed by atoms with van der Waals surface area (Å²) in [5.74, 6) is 0. The van der Waals surface area contributed by atoms with Crippen LogP contribution in [0.4, 0.5) is 11.4 Å². The van der Waals surface area contributed by atoms with Crippen LogP contribution in [0.3, 0.4) is 0 Å². The Balaban J connectivity index is 2.00. The molecule has 20 heavy (non-hydrogen) atoms. The fourth-order valence-electron chi connectivity index (χ4n) is 1.91. The van der Waals surface area contributed by atoms with Crippen LogP contribution < -0.4 is 3.95 Å². The van der Waals surface area contributed by atoms with Crippen molar-refractivity contribution in [2.45, 2.75) is 0 Å². The Hall–Kier alpha value is -1.35. The molecule has 0 spiro atoms. The van der Waals surface area contributed by atoms with E-state index in [0.29, 0.717) is 6.61 Å². The molecule has 0 fully saturated rings. The zero-order valence-corrected chi connectivity index (χ0v) is 13.1. The van der Waals surface area contributed by atoms with E-state index in [1.165, 1.54) is 0 Å². The van der Waals surface area contributed by atoms with Crippen molar-refractivity contribution in [3.05, 3.63) is 60.7 Å². The molecule has 2 aromatic carbocycles. The molecule has 0 radical (unpaired) electrons. The summed E-state index contributed by atoms with van der Waals surface area (Å²) in [5, 5.41) is 0. The van der Waals surface area contributed by atoms with Crippen molar-refractivity contribution >= 4 is 24.2 Å². The molecular weight excluding hydrogens is 314 g/mol. The van der Waals surface area contributed by atoms with Crippen molar-refractivity contribution in [1.82, 2.24) is 0 Å². The van der Waals surface area contributed by atoms with Crippen molar-refractivity contribution in [3.63, 3.8) is 0 Å². The van der Waals surface area contributed by atoms with Crippen LogP contribution in [0.5, 0.6) is 0 Å². The van der Waals surface area contributed by atoms with Crippen molar-refractivity contribution in [2.75, 3.05) is 17.1 Å². The fourth-order valence-corrected chi connectivity index (χ4v) is 4.84. The topological polar surface area (TPSA) is 24.8 Å². The first kappa shape index (κ1) is 13.6. The zero-order valence-electron chi connectivity index (χ0n) is 10.9. The summed E-state index contributed by atoms with van der Waals surface area (Å²) in [4.78, 5) is 5.31. The summed E-state index contributed by atoms with van der Waals surface area (Å²) >= 11 is -0.694. The van der Waals surface area contributed by atoms with Gasteiger partial charge in [0, 0.05) is 0 Å². The van der Waals surface area contributed by atoms with E-state index in [1.807, 2.05) is 12.1 Å². The molecule has 0 N–H and O–H groups in total. The Bertz CT molecular complexity index is 552. The van der Waals surface area contributed by atoms with E-state index >= 15 is 0 Å². The number of benzene rings is 2. The van der Waals surface area contributed by atoms with Gasteiger partial charge in [0.1, 0.15) is 0 Å². The van der Waals surface area contributed by atoms with E-state index in [2.05, 4.69) is 65.4 Å². The van der Waals surface area contributed by atoms with Gasteiger partial charge in [-0.1, -0.05) is 0 Å². The van der Waals surface area contributed by atoms with Crippen molar-refractivity contribution < 1.29 is 18.2 Å². The molecule has 106 valence electrons. The van der Waals surface area contributed by atoms with Crippen LogP contribution in [0.2, 0.25) is 0 Å². The number of rotatable bonds is 4. The summed E-state index contributed by atoms with van der Waals surface area (Å²) in [5.41, 5.74) is 2.30. The average molecular weight is 330 g/mol. The zero-order chi connectivity index (χ0) is 13.8. The predicted molar refractivity (Wildman–Crippen MR) is 83.0 cm³/mol. The molecule has 5 heteroatoms. The number of para-hydroxylation sites is 2. The van der Waals surface area contributed by atoms with E-state index in [4.69, 9.17) is 4.74 Å². The SMILES string of the molecule is [PH2][Co]([C]1=NCCO1)[N](c1ccccc1)c1ccccc1. The van der Waals surface area contributed by atoms with Gasteiger partial charge in [0.05, 0.1) is 0 Å². The van der Waals surface area contributed by atoms with Crippen molar-refractivity contribution in [3.8, 4) is 0 Å². The van der Waals surface area contributed by atoms with Gasteiger partial charge in [0.25, 0.3) is 0 Å². The second-order valence-corrected chi connectivity index (χ2v) is 7.37. The predicted octanol–water partition coefficient (Wildman–Crippen LogP) is 3.53. The van der Waals surface area contributed by atoms with Crippen LogP contribution in [0.25, 0.3) is 0 Å². The normalized spacial score (nSPS) is 14.4. The minimum absolute atomic E-state index is 0.694. The first-order chi connectivity index (χ1) is 9.86. The van der Waals surface area contributed by atoms with Gasteiger partial charge in [0.15, 0.2) is 0 Å². The minimum atomic E-state index is -0.694. The summed E-state index contributed by atoms with van der Waals surface area (Å²) in [6, 6.07) is 20.7. The number of anilines is 2. The van der Waals surface area contributed by atoms with Crippen LogP contribution in [0.15, 0.2) is 65.7 Å². The second kappa shape index (κ2) is 6.40. The molecule has 0 saturated heterocycles. The van der Waals surface area contributed by atoms with Crippen LogP contribution in [0, 0.1) is 0 Å². The third-order valence-electron chi connectivity index (χ3n) is 2.78. The third-order valence-corrected chi connectivity index (χ3v) is 5.98. The van der Waals surface area contributed by atoms with E-state index in [1.54, 1.807) is 0 Å².